The number of fused-ring (bicyclic) bond motifs is 2. The Hall–Kier alpha value is -3.39. The smallest absolute Gasteiger partial charge is 0.256 e. The van der Waals surface area contributed by atoms with Crippen LogP contribution in [0, 0.1) is 0 Å². The Labute approximate surface area is 174 Å². The average molecular weight is 403 g/mol. The molecule has 0 bridgehead atoms. The number of nitrogen functional groups attached to an aromatic ring is 1. The first-order valence-electron chi connectivity index (χ1n) is 10.2. The minimum Gasteiger partial charge on any atom is -0.382 e. The van der Waals surface area contributed by atoms with Crippen LogP contribution in [0.4, 0.5) is 11.6 Å². The van der Waals surface area contributed by atoms with Gasteiger partial charge in [-0.05, 0) is 50.6 Å². The number of nitrogens with zero attached hydrogens (tertiary/aromatic N) is 4. The molecule has 0 spiro atoms. The van der Waals surface area contributed by atoms with Crippen molar-refractivity contribution in [2.75, 3.05) is 17.6 Å². The third-order valence-electron chi connectivity index (χ3n) is 6.01. The van der Waals surface area contributed by atoms with E-state index >= 15 is 0 Å². The number of nitrogens with one attached hydrogen (secondary N) is 2. The van der Waals surface area contributed by atoms with E-state index in [0.29, 0.717) is 23.2 Å². The van der Waals surface area contributed by atoms with Crippen LogP contribution >= 0.6 is 0 Å². The first-order chi connectivity index (χ1) is 14.5. The molecule has 154 valence electrons. The quantitative estimate of drug-likeness (QED) is 0.485. The van der Waals surface area contributed by atoms with Gasteiger partial charge < -0.3 is 16.0 Å². The molecular formula is C22H25N7O. The SMILES string of the molecule is C[C@H]1CCCN1Cc1cc2cnc(NC(=O)c3ccc4c(c3)c(N)nn4C)cc2[nH]1. The second-order valence-corrected chi connectivity index (χ2v) is 8.11. The van der Waals surface area contributed by atoms with Crippen molar-refractivity contribution in [1.82, 2.24) is 24.6 Å². The fourth-order valence-corrected chi connectivity index (χ4v) is 4.31. The van der Waals surface area contributed by atoms with Gasteiger partial charge in [0, 0.05) is 53.9 Å². The normalized spacial score (nSPS) is 17.2. The Kier molecular flexibility index (Phi) is 4.43. The molecule has 1 aliphatic rings. The van der Waals surface area contributed by atoms with Crippen LogP contribution in [-0.4, -0.2) is 43.1 Å². The maximum absolute atomic E-state index is 12.7. The molecule has 8 nitrogen and oxygen atoms in total. The predicted molar refractivity (Wildman–Crippen MR) is 118 cm³/mol. The number of likely N-dealkylation sites (tertiary alicyclic amines) is 1. The summed E-state index contributed by atoms with van der Waals surface area (Å²) in [7, 11) is 1.83. The van der Waals surface area contributed by atoms with Crippen LogP contribution in [0.1, 0.15) is 35.8 Å². The molecule has 1 aliphatic heterocycles. The molecule has 0 unspecified atom stereocenters. The van der Waals surface area contributed by atoms with Gasteiger partial charge in [0.05, 0.1) is 11.0 Å². The van der Waals surface area contributed by atoms with Crippen LogP contribution in [0.25, 0.3) is 21.8 Å². The Morgan fingerprint density at radius 2 is 2.20 bits per heavy atom. The number of aromatic nitrogens is 4. The van der Waals surface area contributed by atoms with Gasteiger partial charge in [-0.1, -0.05) is 0 Å². The van der Waals surface area contributed by atoms with Crippen LogP contribution in [0.3, 0.4) is 0 Å². The van der Waals surface area contributed by atoms with Crippen LogP contribution in [-0.2, 0) is 13.6 Å². The van der Waals surface area contributed by atoms with Crippen molar-refractivity contribution in [2.45, 2.75) is 32.4 Å². The molecule has 8 heteroatoms. The molecule has 3 aromatic heterocycles. The lowest BCUT2D eigenvalue weighted by Crippen LogP contribution is -2.26. The summed E-state index contributed by atoms with van der Waals surface area (Å²) in [5, 5.41) is 8.88. The molecule has 5 rings (SSSR count). The number of H-pyrrole nitrogens is 1. The predicted octanol–water partition coefficient (Wildman–Crippen LogP) is 3.27. The van der Waals surface area contributed by atoms with Gasteiger partial charge in [-0.3, -0.25) is 14.4 Å². The number of aryl methyl sites for hydroxylation is 1. The number of carbonyl (C=O) groups excluding carboxylic acids is 1. The number of hydrogen-bond acceptors (Lipinski definition) is 5. The molecule has 0 saturated carbocycles. The van der Waals surface area contributed by atoms with E-state index in [4.69, 9.17) is 5.73 Å². The fourth-order valence-electron chi connectivity index (χ4n) is 4.31. The number of aromatic amines is 1. The highest BCUT2D eigenvalue weighted by Gasteiger charge is 2.20. The van der Waals surface area contributed by atoms with Gasteiger partial charge in [0.15, 0.2) is 5.82 Å². The number of benzene rings is 1. The third-order valence-corrected chi connectivity index (χ3v) is 6.01. The molecule has 4 aromatic rings. The Morgan fingerprint density at radius 1 is 1.33 bits per heavy atom. The van der Waals surface area contributed by atoms with Crippen molar-refractivity contribution in [3.05, 3.63) is 47.8 Å². The molecule has 1 aromatic carbocycles. The van der Waals surface area contributed by atoms with Gasteiger partial charge in [0.25, 0.3) is 5.91 Å². The monoisotopic (exact) mass is 403 g/mol. The highest BCUT2D eigenvalue weighted by atomic mass is 16.1. The molecule has 1 amide bonds. The van der Waals surface area contributed by atoms with Crippen LogP contribution in [0.15, 0.2) is 36.5 Å². The highest BCUT2D eigenvalue weighted by Crippen LogP contribution is 2.24. The standard InChI is InChI=1S/C22H25N7O/c1-13-4-3-7-29(13)12-16-8-15-11-24-20(10-18(15)25-16)26-22(30)14-5-6-19-17(9-14)21(23)27-28(19)2/h5-6,8-11,13,25H,3-4,7,12H2,1-2H3,(H2,23,27)(H,24,26,30)/t13-/m0/s1. The number of nitrogens with two attached hydrogens (primary N) is 1. The molecular weight excluding hydrogens is 378 g/mol. The summed E-state index contributed by atoms with van der Waals surface area (Å²) < 4.78 is 1.70. The minimum absolute atomic E-state index is 0.232. The van der Waals surface area contributed by atoms with Crippen molar-refractivity contribution in [3.63, 3.8) is 0 Å². The first kappa shape index (κ1) is 18.6. The van der Waals surface area contributed by atoms with E-state index in [-0.39, 0.29) is 5.91 Å². The number of rotatable bonds is 4. The molecule has 1 atom stereocenters. The second kappa shape index (κ2) is 7.14. The molecule has 0 aliphatic carbocycles. The zero-order valence-corrected chi connectivity index (χ0v) is 17.1. The van der Waals surface area contributed by atoms with E-state index < -0.39 is 0 Å². The van der Waals surface area contributed by atoms with Gasteiger partial charge in [-0.2, -0.15) is 5.10 Å². The summed E-state index contributed by atoms with van der Waals surface area (Å²) in [5.41, 5.74) is 9.48. The number of anilines is 2. The second-order valence-electron chi connectivity index (χ2n) is 8.11. The van der Waals surface area contributed by atoms with Gasteiger partial charge in [0.2, 0.25) is 0 Å². The van der Waals surface area contributed by atoms with E-state index in [9.17, 15) is 4.79 Å². The number of hydrogen-bond donors (Lipinski definition) is 3. The number of carbonyl (C=O) groups is 1. The summed E-state index contributed by atoms with van der Waals surface area (Å²) in [5.74, 6) is 0.687. The largest absolute Gasteiger partial charge is 0.382 e. The lowest BCUT2D eigenvalue weighted by atomic mass is 10.1. The number of amides is 1. The van der Waals surface area contributed by atoms with Crippen molar-refractivity contribution in [2.24, 2.45) is 7.05 Å². The van der Waals surface area contributed by atoms with Gasteiger partial charge >= 0.3 is 0 Å². The maximum Gasteiger partial charge on any atom is 0.256 e. The van der Waals surface area contributed by atoms with Crippen molar-refractivity contribution < 1.29 is 4.79 Å². The van der Waals surface area contributed by atoms with Crippen molar-refractivity contribution >= 4 is 39.3 Å². The summed E-state index contributed by atoms with van der Waals surface area (Å²) in [6, 6.07) is 10.0. The van der Waals surface area contributed by atoms with E-state index in [1.807, 2.05) is 19.2 Å². The van der Waals surface area contributed by atoms with E-state index in [2.05, 4.69) is 38.3 Å². The summed E-state index contributed by atoms with van der Waals surface area (Å²) in [4.78, 5) is 23.1. The van der Waals surface area contributed by atoms with Gasteiger partial charge in [0.1, 0.15) is 5.82 Å². The third kappa shape index (κ3) is 3.29. The highest BCUT2D eigenvalue weighted by molar-refractivity contribution is 6.07. The summed E-state index contributed by atoms with van der Waals surface area (Å²) in [6.45, 7) is 4.33. The summed E-state index contributed by atoms with van der Waals surface area (Å²) >= 11 is 0. The average Bonchev–Trinajstić information content (AvgIpc) is 3.39. The Balaban J connectivity index is 1.35. The van der Waals surface area contributed by atoms with Crippen molar-refractivity contribution in [3.8, 4) is 0 Å². The summed E-state index contributed by atoms with van der Waals surface area (Å²) in [6.07, 6.45) is 4.31. The molecule has 1 saturated heterocycles. The molecule has 1 fully saturated rings. The molecule has 30 heavy (non-hydrogen) atoms. The Bertz CT molecular complexity index is 1260. The van der Waals surface area contributed by atoms with Crippen molar-refractivity contribution in [1.29, 1.82) is 0 Å². The maximum atomic E-state index is 12.7. The van der Waals surface area contributed by atoms with Crippen LogP contribution < -0.4 is 11.1 Å². The van der Waals surface area contributed by atoms with Gasteiger partial charge in [-0.25, -0.2) is 4.98 Å². The molecule has 0 radical (unpaired) electrons. The van der Waals surface area contributed by atoms with Crippen LogP contribution in [0.5, 0.6) is 0 Å². The van der Waals surface area contributed by atoms with Gasteiger partial charge in [-0.15, -0.1) is 0 Å². The van der Waals surface area contributed by atoms with E-state index in [0.717, 1.165) is 34.9 Å². The lowest BCUT2D eigenvalue weighted by molar-refractivity contribution is 0.102. The van der Waals surface area contributed by atoms with Crippen LogP contribution in [0.2, 0.25) is 0 Å². The topological polar surface area (TPSA) is 105 Å². The minimum atomic E-state index is -0.232. The zero-order chi connectivity index (χ0) is 20.8. The zero-order valence-electron chi connectivity index (χ0n) is 17.1. The molecule has 4 heterocycles. The molecule has 4 N–H and O–H groups in total. The fraction of sp³-hybridized carbons (Fsp3) is 0.318. The van der Waals surface area contributed by atoms with E-state index in [1.54, 1.807) is 23.0 Å². The van der Waals surface area contributed by atoms with E-state index in [1.165, 1.54) is 18.5 Å². The number of pyridine rings is 1. The first-order valence-corrected chi connectivity index (χ1v) is 10.2. The lowest BCUT2D eigenvalue weighted by Gasteiger charge is -2.19. The Morgan fingerprint density at radius 3 is 3.00 bits per heavy atom.